The van der Waals surface area contributed by atoms with Gasteiger partial charge in [0, 0.05) is 31.6 Å². The number of fused-ring (bicyclic) bond motifs is 1. The lowest BCUT2D eigenvalue weighted by Crippen LogP contribution is -2.36. The standard InChI is InChI=1S/C26H31N3O5/c1-32-20-9-4-7-18(14-20)13-19-8-5-12-29(19)25(30)10-6-11-28-17-27-22-16-24(34-3)23(33-2)15-21(22)26(28)31/h4,7,9,14-17,19H,5-6,8,10-13H2,1-3H3. The van der Waals surface area contributed by atoms with Crippen molar-refractivity contribution in [2.24, 2.45) is 0 Å². The third-order valence-electron chi connectivity index (χ3n) is 6.42. The Labute approximate surface area is 199 Å². The molecule has 0 saturated carbocycles. The fourth-order valence-electron chi connectivity index (χ4n) is 4.64. The molecule has 1 amide bonds. The molecule has 0 N–H and O–H groups in total. The van der Waals surface area contributed by atoms with E-state index in [4.69, 9.17) is 14.2 Å². The number of amides is 1. The van der Waals surface area contributed by atoms with Crippen molar-refractivity contribution >= 4 is 16.8 Å². The number of hydrogen-bond acceptors (Lipinski definition) is 6. The Morgan fingerprint density at radius 1 is 1.09 bits per heavy atom. The average molecular weight is 466 g/mol. The van der Waals surface area contributed by atoms with Crippen LogP contribution in [0.1, 0.15) is 31.2 Å². The topological polar surface area (TPSA) is 82.9 Å². The van der Waals surface area contributed by atoms with Gasteiger partial charge in [0.15, 0.2) is 11.5 Å². The van der Waals surface area contributed by atoms with Gasteiger partial charge in [0.05, 0.1) is 38.6 Å². The highest BCUT2D eigenvalue weighted by Crippen LogP contribution is 2.30. The minimum Gasteiger partial charge on any atom is -0.497 e. The lowest BCUT2D eigenvalue weighted by atomic mass is 10.0. The van der Waals surface area contributed by atoms with Crippen molar-refractivity contribution in [1.82, 2.24) is 14.5 Å². The number of nitrogens with zero attached hydrogens (tertiary/aromatic N) is 3. The molecule has 8 nitrogen and oxygen atoms in total. The number of ether oxygens (including phenoxy) is 3. The van der Waals surface area contributed by atoms with Crippen LogP contribution in [-0.4, -0.2) is 54.3 Å². The Morgan fingerprint density at radius 2 is 1.88 bits per heavy atom. The molecular formula is C26H31N3O5. The SMILES string of the molecule is COc1cccc(CC2CCCN2C(=O)CCCn2cnc3cc(OC)c(OC)cc3c2=O)c1. The quantitative estimate of drug-likeness (QED) is 0.482. The molecule has 8 heteroatoms. The Bertz CT molecular complexity index is 1220. The summed E-state index contributed by atoms with van der Waals surface area (Å²) >= 11 is 0. The largest absolute Gasteiger partial charge is 0.497 e. The molecule has 0 bridgehead atoms. The van der Waals surface area contributed by atoms with Crippen LogP contribution >= 0.6 is 0 Å². The first kappa shape index (κ1) is 23.6. The first-order valence-electron chi connectivity index (χ1n) is 11.6. The highest BCUT2D eigenvalue weighted by Gasteiger charge is 2.28. The normalized spacial score (nSPS) is 15.5. The van der Waals surface area contributed by atoms with Gasteiger partial charge in [-0.1, -0.05) is 12.1 Å². The summed E-state index contributed by atoms with van der Waals surface area (Å²) in [6.45, 7) is 1.21. The summed E-state index contributed by atoms with van der Waals surface area (Å²) in [6.07, 6.45) is 5.33. The molecule has 34 heavy (non-hydrogen) atoms. The van der Waals surface area contributed by atoms with Gasteiger partial charge in [-0.05, 0) is 49.4 Å². The van der Waals surface area contributed by atoms with Gasteiger partial charge in [-0.3, -0.25) is 14.2 Å². The van der Waals surface area contributed by atoms with Gasteiger partial charge in [-0.2, -0.15) is 0 Å². The summed E-state index contributed by atoms with van der Waals surface area (Å²) < 4.78 is 17.5. The van der Waals surface area contributed by atoms with Crippen molar-refractivity contribution in [3.8, 4) is 17.2 Å². The Hall–Kier alpha value is -3.55. The van der Waals surface area contributed by atoms with E-state index in [9.17, 15) is 9.59 Å². The van der Waals surface area contributed by atoms with E-state index in [1.54, 1.807) is 30.9 Å². The zero-order valence-corrected chi connectivity index (χ0v) is 20.0. The Kier molecular flexibility index (Phi) is 7.35. The number of carbonyl (C=O) groups excluding carboxylic acids is 1. The lowest BCUT2D eigenvalue weighted by molar-refractivity contribution is -0.132. The Balaban J connectivity index is 1.39. The molecule has 1 aliphatic heterocycles. The first-order chi connectivity index (χ1) is 16.5. The summed E-state index contributed by atoms with van der Waals surface area (Å²) in [5, 5.41) is 0.462. The van der Waals surface area contributed by atoms with E-state index in [2.05, 4.69) is 11.1 Å². The van der Waals surface area contributed by atoms with Crippen LogP contribution in [0.4, 0.5) is 0 Å². The van der Waals surface area contributed by atoms with Crippen LogP contribution in [-0.2, 0) is 17.8 Å². The predicted octanol–water partition coefficient (Wildman–Crippen LogP) is 3.44. The number of rotatable bonds is 9. The van der Waals surface area contributed by atoms with E-state index >= 15 is 0 Å². The maximum atomic E-state index is 13.0. The van der Waals surface area contributed by atoms with E-state index in [-0.39, 0.29) is 17.5 Å². The second-order valence-corrected chi connectivity index (χ2v) is 8.51. The number of benzene rings is 2. The van der Waals surface area contributed by atoms with Crippen LogP contribution < -0.4 is 19.8 Å². The molecule has 3 aromatic rings. The number of methoxy groups -OCH3 is 3. The van der Waals surface area contributed by atoms with Gasteiger partial charge in [0.2, 0.25) is 5.91 Å². The molecule has 1 aromatic heterocycles. The number of aromatic nitrogens is 2. The van der Waals surface area contributed by atoms with E-state index in [0.717, 1.165) is 31.6 Å². The molecule has 1 aliphatic rings. The molecule has 0 aliphatic carbocycles. The van der Waals surface area contributed by atoms with E-state index in [1.807, 2.05) is 23.1 Å². The summed E-state index contributed by atoms with van der Waals surface area (Å²) in [7, 11) is 4.74. The molecule has 0 radical (unpaired) electrons. The monoisotopic (exact) mass is 465 g/mol. The summed E-state index contributed by atoms with van der Waals surface area (Å²) in [5.41, 5.74) is 1.56. The van der Waals surface area contributed by atoms with Crippen LogP contribution in [0.5, 0.6) is 17.2 Å². The van der Waals surface area contributed by atoms with Gasteiger partial charge < -0.3 is 19.1 Å². The lowest BCUT2D eigenvalue weighted by Gasteiger charge is -2.25. The van der Waals surface area contributed by atoms with E-state index in [0.29, 0.717) is 41.8 Å². The number of hydrogen-bond donors (Lipinski definition) is 0. The van der Waals surface area contributed by atoms with Gasteiger partial charge in [-0.25, -0.2) is 4.98 Å². The molecular weight excluding hydrogens is 434 g/mol. The maximum absolute atomic E-state index is 13.0. The van der Waals surface area contributed by atoms with Crippen LogP contribution in [0.3, 0.4) is 0 Å². The molecule has 180 valence electrons. The summed E-state index contributed by atoms with van der Waals surface area (Å²) in [6, 6.07) is 11.6. The van der Waals surface area contributed by atoms with Gasteiger partial charge in [0.1, 0.15) is 5.75 Å². The van der Waals surface area contributed by atoms with Gasteiger partial charge in [-0.15, -0.1) is 0 Å². The summed E-state index contributed by atoms with van der Waals surface area (Å²) in [4.78, 5) is 32.3. The van der Waals surface area contributed by atoms with E-state index in [1.165, 1.54) is 19.0 Å². The zero-order valence-electron chi connectivity index (χ0n) is 20.0. The van der Waals surface area contributed by atoms with Crippen molar-refractivity contribution in [2.45, 2.75) is 44.7 Å². The van der Waals surface area contributed by atoms with Gasteiger partial charge >= 0.3 is 0 Å². The molecule has 1 atom stereocenters. The second-order valence-electron chi connectivity index (χ2n) is 8.51. The van der Waals surface area contributed by atoms with Crippen LogP contribution in [0, 0.1) is 0 Å². The van der Waals surface area contributed by atoms with Gasteiger partial charge in [0.25, 0.3) is 5.56 Å². The molecule has 1 unspecified atom stereocenters. The number of likely N-dealkylation sites (tertiary alicyclic amines) is 1. The molecule has 2 heterocycles. The molecule has 1 fully saturated rings. The van der Waals surface area contributed by atoms with Crippen molar-refractivity contribution in [3.63, 3.8) is 0 Å². The van der Waals surface area contributed by atoms with Crippen molar-refractivity contribution in [1.29, 1.82) is 0 Å². The third kappa shape index (κ3) is 5.00. The van der Waals surface area contributed by atoms with Crippen LogP contribution in [0.2, 0.25) is 0 Å². The van der Waals surface area contributed by atoms with E-state index < -0.39 is 0 Å². The molecule has 2 aromatic carbocycles. The van der Waals surface area contributed by atoms with Crippen molar-refractivity contribution in [3.05, 3.63) is 58.6 Å². The van der Waals surface area contributed by atoms with Crippen LogP contribution in [0.15, 0.2) is 47.5 Å². The minimum absolute atomic E-state index is 0.138. The second kappa shape index (κ2) is 10.6. The smallest absolute Gasteiger partial charge is 0.261 e. The predicted molar refractivity (Wildman–Crippen MR) is 130 cm³/mol. The zero-order chi connectivity index (χ0) is 24.1. The summed E-state index contributed by atoms with van der Waals surface area (Å²) in [5.74, 6) is 1.98. The average Bonchev–Trinajstić information content (AvgIpc) is 3.32. The molecule has 0 spiro atoms. The van der Waals surface area contributed by atoms with Crippen LogP contribution in [0.25, 0.3) is 10.9 Å². The fraction of sp³-hybridized carbons (Fsp3) is 0.423. The van der Waals surface area contributed by atoms with Crippen molar-refractivity contribution < 1.29 is 19.0 Å². The first-order valence-corrected chi connectivity index (χ1v) is 11.6. The molecule has 4 rings (SSSR count). The van der Waals surface area contributed by atoms with Crippen molar-refractivity contribution in [2.75, 3.05) is 27.9 Å². The highest BCUT2D eigenvalue weighted by molar-refractivity contribution is 5.81. The highest BCUT2D eigenvalue weighted by atomic mass is 16.5. The maximum Gasteiger partial charge on any atom is 0.261 e. The number of aryl methyl sites for hydroxylation is 1. The minimum atomic E-state index is -0.157. The Morgan fingerprint density at radius 3 is 2.65 bits per heavy atom. The third-order valence-corrected chi connectivity index (χ3v) is 6.42. The molecule has 1 saturated heterocycles. The fourth-order valence-corrected chi connectivity index (χ4v) is 4.64. The number of carbonyl (C=O) groups is 1.